The summed E-state index contributed by atoms with van der Waals surface area (Å²) in [6, 6.07) is 2.45. The van der Waals surface area contributed by atoms with Gasteiger partial charge in [-0.25, -0.2) is 0 Å². The molecule has 2 rings (SSSR count). The summed E-state index contributed by atoms with van der Waals surface area (Å²) in [5, 5.41) is 8.90. The summed E-state index contributed by atoms with van der Waals surface area (Å²) in [7, 11) is 0. The second-order valence-electron chi connectivity index (χ2n) is 6.39. The van der Waals surface area contributed by atoms with Crippen molar-refractivity contribution < 1.29 is 0 Å². The van der Waals surface area contributed by atoms with E-state index in [1.54, 1.807) is 0 Å². The number of hydrogen-bond acceptors (Lipinski definition) is 1. The van der Waals surface area contributed by atoms with Gasteiger partial charge in [0.2, 0.25) is 0 Å². The molecule has 1 unspecified atom stereocenters. The van der Waals surface area contributed by atoms with Gasteiger partial charge in [0, 0.05) is 0 Å². The predicted octanol–water partition coefficient (Wildman–Crippen LogP) is 3.75. The van der Waals surface area contributed by atoms with Crippen LogP contribution in [0.15, 0.2) is 0 Å². The van der Waals surface area contributed by atoms with Crippen LogP contribution in [0.25, 0.3) is 0 Å². The van der Waals surface area contributed by atoms with E-state index in [9.17, 15) is 0 Å². The lowest BCUT2D eigenvalue weighted by Crippen LogP contribution is -2.27. The minimum atomic E-state index is 0.406. The van der Waals surface area contributed by atoms with E-state index in [-0.39, 0.29) is 0 Å². The standard InChI is InChI=1S/C13H21N/c1-12(2,3)10-4-6-13(7-5-10)8-11(13)9-14/h10-11H,4-8H2,1-3H3. The Morgan fingerprint density at radius 1 is 1.21 bits per heavy atom. The maximum Gasteiger partial charge on any atom is 0.0661 e. The first-order valence-corrected chi connectivity index (χ1v) is 5.88. The molecule has 0 aromatic carbocycles. The van der Waals surface area contributed by atoms with Gasteiger partial charge in [-0.1, -0.05) is 20.8 Å². The highest BCUT2D eigenvalue weighted by atomic mass is 14.6. The van der Waals surface area contributed by atoms with E-state index in [1.165, 1.54) is 32.1 Å². The summed E-state index contributed by atoms with van der Waals surface area (Å²) in [5.74, 6) is 1.29. The highest BCUT2D eigenvalue weighted by Crippen LogP contribution is 2.63. The second-order valence-corrected chi connectivity index (χ2v) is 6.39. The Balaban J connectivity index is 1.92. The smallest absolute Gasteiger partial charge is 0.0661 e. The van der Waals surface area contributed by atoms with Crippen LogP contribution in [0.5, 0.6) is 0 Å². The van der Waals surface area contributed by atoms with Gasteiger partial charge in [-0.15, -0.1) is 0 Å². The predicted molar refractivity (Wildman–Crippen MR) is 57.6 cm³/mol. The lowest BCUT2D eigenvalue weighted by atomic mass is 9.68. The molecule has 14 heavy (non-hydrogen) atoms. The van der Waals surface area contributed by atoms with Crippen molar-refractivity contribution in [1.82, 2.24) is 0 Å². The molecule has 2 aliphatic carbocycles. The minimum absolute atomic E-state index is 0.406. The molecule has 0 aromatic rings. The van der Waals surface area contributed by atoms with E-state index >= 15 is 0 Å². The van der Waals surface area contributed by atoms with Crippen molar-refractivity contribution in [3.8, 4) is 6.07 Å². The van der Waals surface area contributed by atoms with Gasteiger partial charge in [0.25, 0.3) is 0 Å². The van der Waals surface area contributed by atoms with Gasteiger partial charge in [-0.2, -0.15) is 5.26 Å². The molecule has 0 bridgehead atoms. The van der Waals surface area contributed by atoms with Crippen LogP contribution < -0.4 is 0 Å². The molecule has 0 aromatic heterocycles. The molecular formula is C13H21N. The van der Waals surface area contributed by atoms with Crippen LogP contribution in [0.3, 0.4) is 0 Å². The third kappa shape index (κ3) is 1.56. The second kappa shape index (κ2) is 2.99. The Labute approximate surface area is 87.5 Å². The van der Waals surface area contributed by atoms with Crippen molar-refractivity contribution >= 4 is 0 Å². The van der Waals surface area contributed by atoms with Crippen molar-refractivity contribution in [2.45, 2.75) is 52.9 Å². The van der Waals surface area contributed by atoms with Crippen LogP contribution >= 0.6 is 0 Å². The van der Waals surface area contributed by atoms with Gasteiger partial charge in [0.1, 0.15) is 0 Å². The molecule has 2 aliphatic rings. The first-order valence-electron chi connectivity index (χ1n) is 5.88. The molecule has 1 spiro atoms. The summed E-state index contributed by atoms with van der Waals surface area (Å²) in [6.07, 6.45) is 6.52. The molecule has 2 fully saturated rings. The summed E-state index contributed by atoms with van der Waals surface area (Å²) >= 11 is 0. The molecule has 0 N–H and O–H groups in total. The van der Waals surface area contributed by atoms with Gasteiger partial charge in [0.05, 0.1) is 12.0 Å². The number of rotatable bonds is 0. The average molecular weight is 191 g/mol. The van der Waals surface area contributed by atoms with Crippen LogP contribution in [0.4, 0.5) is 0 Å². The molecule has 0 saturated heterocycles. The Morgan fingerprint density at radius 2 is 1.79 bits per heavy atom. The molecule has 0 radical (unpaired) electrons. The Hall–Kier alpha value is -0.510. The van der Waals surface area contributed by atoms with Gasteiger partial charge < -0.3 is 0 Å². The highest BCUT2D eigenvalue weighted by molar-refractivity contribution is 5.13. The summed E-state index contributed by atoms with van der Waals surface area (Å²) in [5.41, 5.74) is 0.954. The van der Waals surface area contributed by atoms with Gasteiger partial charge >= 0.3 is 0 Å². The zero-order valence-corrected chi connectivity index (χ0v) is 9.64. The van der Waals surface area contributed by atoms with E-state index in [1.807, 2.05) is 0 Å². The molecular weight excluding hydrogens is 170 g/mol. The van der Waals surface area contributed by atoms with Crippen LogP contribution in [0, 0.1) is 34.0 Å². The van der Waals surface area contributed by atoms with Gasteiger partial charge in [0.15, 0.2) is 0 Å². The van der Waals surface area contributed by atoms with E-state index in [2.05, 4.69) is 26.8 Å². The monoisotopic (exact) mass is 191 g/mol. The fourth-order valence-corrected chi connectivity index (χ4v) is 3.14. The SMILES string of the molecule is CC(C)(C)C1CCC2(CC1)CC2C#N. The lowest BCUT2D eigenvalue weighted by Gasteiger charge is -2.37. The number of nitriles is 1. The Kier molecular flexibility index (Phi) is 2.14. The van der Waals surface area contributed by atoms with E-state index in [0.29, 0.717) is 16.7 Å². The van der Waals surface area contributed by atoms with Crippen LogP contribution in [-0.4, -0.2) is 0 Å². The molecule has 0 heterocycles. The zero-order chi connectivity index (χ0) is 10.4. The first kappa shape index (κ1) is 10.0. The molecule has 1 heteroatoms. The van der Waals surface area contributed by atoms with Crippen molar-refractivity contribution in [2.24, 2.45) is 22.7 Å². The quantitative estimate of drug-likeness (QED) is 0.572. The molecule has 2 saturated carbocycles. The number of nitrogens with zero attached hydrogens (tertiary/aromatic N) is 1. The zero-order valence-electron chi connectivity index (χ0n) is 9.64. The van der Waals surface area contributed by atoms with Crippen LogP contribution in [0.1, 0.15) is 52.9 Å². The van der Waals surface area contributed by atoms with Crippen LogP contribution in [0.2, 0.25) is 0 Å². The van der Waals surface area contributed by atoms with Gasteiger partial charge in [-0.05, 0) is 48.9 Å². The molecule has 0 amide bonds. The largest absolute Gasteiger partial charge is 0.198 e. The maximum absolute atomic E-state index is 8.90. The Morgan fingerprint density at radius 3 is 2.14 bits per heavy atom. The molecule has 1 atom stereocenters. The minimum Gasteiger partial charge on any atom is -0.198 e. The van der Waals surface area contributed by atoms with Crippen molar-refractivity contribution in [3.05, 3.63) is 0 Å². The highest BCUT2D eigenvalue weighted by Gasteiger charge is 2.55. The fraction of sp³-hybridized carbons (Fsp3) is 0.923. The van der Waals surface area contributed by atoms with E-state index < -0.39 is 0 Å². The van der Waals surface area contributed by atoms with Gasteiger partial charge in [-0.3, -0.25) is 0 Å². The van der Waals surface area contributed by atoms with Crippen LogP contribution in [-0.2, 0) is 0 Å². The number of hydrogen-bond donors (Lipinski definition) is 0. The van der Waals surface area contributed by atoms with E-state index in [0.717, 1.165) is 5.92 Å². The summed E-state index contributed by atoms with van der Waals surface area (Å²) in [6.45, 7) is 7.05. The first-order chi connectivity index (χ1) is 6.48. The molecule has 0 aliphatic heterocycles. The van der Waals surface area contributed by atoms with Crippen molar-refractivity contribution in [3.63, 3.8) is 0 Å². The lowest BCUT2D eigenvalue weighted by molar-refractivity contribution is 0.138. The molecule has 78 valence electrons. The normalized spacial score (nSPS) is 42.1. The summed E-state index contributed by atoms with van der Waals surface area (Å²) in [4.78, 5) is 0. The van der Waals surface area contributed by atoms with Crippen molar-refractivity contribution in [1.29, 1.82) is 5.26 Å². The van der Waals surface area contributed by atoms with E-state index in [4.69, 9.17) is 5.26 Å². The summed E-state index contributed by atoms with van der Waals surface area (Å²) < 4.78 is 0. The average Bonchev–Trinajstić information content (AvgIpc) is 2.78. The topological polar surface area (TPSA) is 23.8 Å². The third-order valence-electron chi connectivity index (χ3n) is 4.55. The fourth-order valence-electron chi connectivity index (χ4n) is 3.14. The third-order valence-corrected chi connectivity index (χ3v) is 4.55. The molecule has 1 nitrogen and oxygen atoms in total. The maximum atomic E-state index is 8.90. The van der Waals surface area contributed by atoms with Crippen molar-refractivity contribution in [2.75, 3.05) is 0 Å². The Bertz CT molecular complexity index is 258.